The Morgan fingerprint density at radius 2 is 2.07 bits per heavy atom. The van der Waals surface area contributed by atoms with E-state index < -0.39 is 15.9 Å². The second-order valence-corrected chi connectivity index (χ2v) is 4.43. The lowest BCUT2D eigenvalue weighted by Crippen LogP contribution is -2.04. The summed E-state index contributed by atoms with van der Waals surface area (Å²) in [4.78, 5) is -0.292. The Hall–Kier alpha value is -0.650. The third-order valence-corrected chi connectivity index (χ3v) is 2.81. The molecule has 0 heterocycles. The average molecular weight is 239 g/mol. The Kier molecular flexibility index (Phi) is 3.47. The van der Waals surface area contributed by atoms with Crippen LogP contribution in [-0.2, 0) is 16.5 Å². The Morgan fingerprint density at radius 1 is 1.43 bits per heavy atom. The lowest BCUT2D eigenvalue weighted by Gasteiger charge is -2.04. The van der Waals surface area contributed by atoms with Crippen molar-refractivity contribution in [3.05, 3.63) is 29.6 Å². The maximum Gasteiger partial charge on any atom is 0.294 e. The fourth-order valence-electron chi connectivity index (χ4n) is 1.10. The van der Waals surface area contributed by atoms with E-state index in [1.165, 1.54) is 0 Å². The first kappa shape index (κ1) is 11.4. The monoisotopic (exact) mass is 238 g/mol. The van der Waals surface area contributed by atoms with Gasteiger partial charge in [0.1, 0.15) is 5.82 Å². The minimum absolute atomic E-state index is 0.159. The maximum atomic E-state index is 12.7. The van der Waals surface area contributed by atoms with Crippen LogP contribution in [0.5, 0.6) is 0 Å². The summed E-state index contributed by atoms with van der Waals surface area (Å²) in [5, 5.41) is 0. The third-order valence-electron chi connectivity index (χ3n) is 1.66. The molecule has 0 bridgehead atoms. The summed E-state index contributed by atoms with van der Waals surface area (Å²) in [5.74, 6) is -0.399. The molecule has 1 N–H and O–H groups in total. The summed E-state index contributed by atoms with van der Waals surface area (Å²) in [6, 6.07) is 3.04. The van der Waals surface area contributed by atoms with Crippen LogP contribution in [0.15, 0.2) is 23.1 Å². The number of hydrogen-bond acceptors (Lipinski definition) is 2. The standard InChI is InChI=1S/C8H8ClFO3S/c9-4-3-6-5-7(10)1-2-8(6)14(11,12)13/h1-2,5H,3-4H2,(H,11,12,13). The van der Waals surface area contributed by atoms with Crippen molar-refractivity contribution < 1.29 is 17.4 Å². The molecule has 0 unspecified atom stereocenters. The van der Waals surface area contributed by atoms with Crippen LogP contribution >= 0.6 is 11.6 Å². The van der Waals surface area contributed by atoms with E-state index in [-0.39, 0.29) is 22.8 Å². The highest BCUT2D eigenvalue weighted by molar-refractivity contribution is 7.85. The predicted molar refractivity (Wildman–Crippen MR) is 50.6 cm³/mol. The normalized spacial score (nSPS) is 11.6. The zero-order chi connectivity index (χ0) is 10.8. The molecule has 0 radical (unpaired) electrons. The molecular formula is C8H8ClFO3S. The number of benzene rings is 1. The van der Waals surface area contributed by atoms with E-state index in [0.717, 1.165) is 18.2 Å². The molecule has 1 aromatic rings. The molecule has 0 saturated carbocycles. The van der Waals surface area contributed by atoms with Gasteiger partial charge in [0.05, 0.1) is 4.90 Å². The van der Waals surface area contributed by atoms with Crippen molar-refractivity contribution in [2.75, 3.05) is 5.88 Å². The second kappa shape index (κ2) is 4.25. The maximum absolute atomic E-state index is 12.7. The van der Waals surface area contributed by atoms with Crippen LogP contribution in [0.1, 0.15) is 5.56 Å². The van der Waals surface area contributed by atoms with Crippen LogP contribution in [0, 0.1) is 5.82 Å². The van der Waals surface area contributed by atoms with Crippen LogP contribution in [0.25, 0.3) is 0 Å². The molecule has 0 atom stereocenters. The molecule has 0 aromatic heterocycles. The summed E-state index contributed by atoms with van der Waals surface area (Å²) in [5.41, 5.74) is 0.183. The van der Waals surface area contributed by atoms with Gasteiger partial charge in [-0.1, -0.05) is 0 Å². The molecule has 78 valence electrons. The van der Waals surface area contributed by atoms with Crippen molar-refractivity contribution in [2.24, 2.45) is 0 Å². The van der Waals surface area contributed by atoms with E-state index in [1.54, 1.807) is 0 Å². The number of halogens is 2. The van der Waals surface area contributed by atoms with Crippen LogP contribution in [0.3, 0.4) is 0 Å². The molecule has 0 amide bonds. The number of alkyl halides is 1. The Morgan fingerprint density at radius 3 is 2.57 bits per heavy atom. The summed E-state index contributed by atoms with van der Waals surface area (Å²) < 4.78 is 43.2. The van der Waals surface area contributed by atoms with Gasteiger partial charge < -0.3 is 0 Å². The fourth-order valence-corrected chi connectivity index (χ4v) is 2.03. The van der Waals surface area contributed by atoms with Gasteiger partial charge in [0.15, 0.2) is 0 Å². The SMILES string of the molecule is O=S(=O)(O)c1ccc(F)cc1CCCl. The van der Waals surface area contributed by atoms with Crippen molar-refractivity contribution in [1.82, 2.24) is 0 Å². The molecule has 3 nitrogen and oxygen atoms in total. The van der Waals surface area contributed by atoms with E-state index in [1.807, 2.05) is 0 Å². The van der Waals surface area contributed by atoms with Gasteiger partial charge in [-0.15, -0.1) is 11.6 Å². The number of aryl methyl sites for hydroxylation is 1. The van der Waals surface area contributed by atoms with Gasteiger partial charge in [-0.05, 0) is 30.2 Å². The Labute approximate surface area is 86.3 Å². The van der Waals surface area contributed by atoms with Gasteiger partial charge in [-0.3, -0.25) is 4.55 Å². The Bertz CT molecular complexity index is 430. The summed E-state index contributed by atoms with van der Waals surface area (Å²) >= 11 is 5.41. The molecule has 14 heavy (non-hydrogen) atoms. The number of rotatable bonds is 3. The lowest BCUT2D eigenvalue weighted by atomic mass is 10.2. The summed E-state index contributed by atoms with van der Waals surface area (Å²) in [6.07, 6.45) is 0.189. The molecule has 0 spiro atoms. The number of hydrogen-bond donors (Lipinski definition) is 1. The van der Waals surface area contributed by atoms with Crippen molar-refractivity contribution >= 4 is 21.7 Å². The van der Waals surface area contributed by atoms with Crippen LogP contribution in [0.4, 0.5) is 4.39 Å². The summed E-state index contributed by atoms with van der Waals surface area (Å²) in [7, 11) is -4.30. The van der Waals surface area contributed by atoms with Crippen LogP contribution in [0.2, 0.25) is 0 Å². The van der Waals surface area contributed by atoms with Crippen LogP contribution < -0.4 is 0 Å². The highest BCUT2D eigenvalue weighted by Gasteiger charge is 2.15. The molecule has 1 rings (SSSR count). The van der Waals surface area contributed by atoms with E-state index in [9.17, 15) is 12.8 Å². The first-order valence-corrected chi connectivity index (χ1v) is 5.74. The second-order valence-electron chi connectivity index (χ2n) is 2.67. The van der Waals surface area contributed by atoms with E-state index in [0.29, 0.717) is 0 Å². The van der Waals surface area contributed by atoms with Gasteiger partial charge in [-0.2, -0.15) is 8.42 Å². The minimum atomic E-state index is -4.30. The fraction of sp³-hybridized carbons (Fsp3) is 0.250. The van der Waals surface area contributed by atoms with E-state index in [2.05, 4.69) is 0 Å². The molecule has 0 saturated heterocycles. The highest BCUT2D eigenvalue weighted by Crippen LogP contribution is 2.17. The molecule has 0 fully saturated rings. The first-order chi connectivity index (χ1) is 6.45. The van der Waals surface area contributed by atoms with Gasteiger partial charge in [-0.25, -0.2) is 4.39 Å². The molecule has 0 aliphatic rings. The van der Waals surface area contributed by atoms with Gasteiger partial charge in [0, 0.05) is 5.88 Å². The van der Waals surface area contributed by atoms with Crippen molar-refractivity contribution in [1.29, 1.82) is 0 Å². The van der Waals surface area contributed by atoms with Gasteiger partial charge >= 0.3 is 0 Å². The quantitative estimate of drug-likeness (QED) is 0.646. The molecule has 6 heteroatoms. The van der Waals surface area contributed by atoms with Gasteiger partial charge in [0.25, 0.3) is 10.1 Å². The highest BCUT2D eigenvalue weighted by atomic mass is 35.5. The zero-order valence-electron chi connectivity index (χ0n) is 7.07. The lowest BCUT2D eigenvalue weighted by molar-refractivity contribution is 0.482. The smallest absolute Gasteiger partial charge is 0.282 e. The van der Waals surface area contributed by atoms with Crippen molar-refractivity contribution in [3.8, 4) is 0 Å². The Balaban J connectivity index is 3.29. The van der Waals surface area contributed by atoms with Gasteiger partial charge in [0.2, 0.25) is 0 Å². The van der Waals surface area contributed by atoms with E-state index in [4.69, 9.17) is 16.2 Å². The average Bonchev–Trinajstić information content (AvgIpc) is 2.02. The zero-order valence-corrected chi connectivity index (χ0v) is 8.65. The summed E-state index contributed by atoms with van der Waals surface area (Å²) in [6.45, 7) is 0. The first-order valence-electron chi connectivity index (χ1n) is 3.77. The van der Waals surface area contributed by atoms with Crippen LogP contribution in [-0.4, -0.2) is 18.9 Å². The predicted octanol–water partition coefficient (Wildman–Crippen LogP) is 1.85. The molecule has 1 aromatic carbocycles. The minimum Gasteiger partial charge on any atom is -0.282 e. The van der Waals surface area contributed by atoms with E-state index >= 15 is 0 Å². The van der Waals surface area contributed by atoms with Crippen molar-refractivity contribution in [3.63, 3.8) is 0 Å². The topological polar surface area (TPSA) is 54.4 Å². The molecular weight excluding hydrogens is 231 g/mol. The third kappa shape index (κ3) is 2.67. The van der Waals surface area contributed by atoms with Crippen molar-refractivity contribution in [2.45, 2.75) is 11.3 Å². The molecule has 0 aliphatic carbocycles. The largest absolute Gasteiger partial charge is 0.294 e. The molecule has 0 aliphatic heterocycles.